The molecule has 0 saturated carbocycles. The number of hydrogen-bond donors (Lipinski definition) is 1. The molecule has 1 atom stereocenters. The number of nitrogens with one attached hydrogen (secondary N) is 1. The van der Waals surface area contributed by atoms with Crippen LogP contribution < -0.4 is 10.2 Å². The van der Waals surface area contributed by atoms with Crippen molar-refractivity contribution in [3.05, 3.63) is 52.6 Å². The van der Waals surface area contributed by atoms with Crippen LogP contribution in [0.15, 0.2) is 30.3 Å². The molecular formula is C26H30FN7S. The Labute approximate surface area is 209 Å². The van der Waals surface area contributed by atoms with E-state index in [-0.39, 0.29) is 11.4 Å². The minimum atomic E-state index is -0.311. The number of hydrogen-bond acceptors (Lipinski definition) is 7. The second-order valence-electron chi connectivity index (χ2n) is 9.42. The van der Waals surface area contributed by atoms with E-state index in [0.717, 1.165) is 62.0 Å². The van der Waals surface area contributed by atoms with Crippen molar-refractivity contribution in [3.63, 3.8) is 0 Å². The predicted molar refractivity (Wildman–Crippen MR) is 138 cm³/mol. The molecule has 5 rings (SSSR count). The van der Waals surface area contributed by atoms with Crippen LogP contribution in [0.1, 0.15) is 37.2 Å². The molecule has 0 radical (unpaired) electrons. The minimum absolute atomic E-state index is 0.111. The Kier molecular flexibility index (Phi) is 6.21. The molecule has 1 N–H and O–H groups in total. The molecule has 1 saturated heterocycles. The third-order valence-electron chi connectivity index (χ3n) is 6.98. The van der Waals surface area contributed by atoms with Crippen LogP contribution in [-0.4, -0.2) is 58.2 Å². The molecule has 4 heterocycles. The SMILES string of the molecule is CCc1nc2n(c1N(C)c1nc(-c3ccc(F)cc3)c(C#N)s1)CC(C)(N1CCNCC1)C=C2C. The molecule has 182 valence electrons. The van der Waals surface area contributed by atoms with Gasteiger partial charge < -0.3 is 14.8 Å². The first kappa shape index (κ1) is 23.7. The summed E-state index contributed by atoms with van der Waals surface area (Å²) in [6.45, 7) is 11.4. The maximum Gasteiger partial charge on any atom is 0.192 e. The van der Waals surface area contributed by atoms with Gasteiger partial charge in [0.1, 0.15) is 34.1 Å². The first-order chi connectivity index (χ1) is 16.8. The molecule has 0 spiro atoms. The van der Waals surface area contributed by atoms with Crippen LogP contribution in [0.25, 0.3) is 16.8 Å². The summed E-state index contributed by atoms with van der Waals surface area (Å²) >= 11 is 1.35. The number of nitriles is 1. The van der Waals surface area contributed by atoms with Gasteiger partial charge >= 0.3 is 0 Å². The smallest absolute Gasteiger partial charge is 0.192 e. The minimum Gasteiger partial charge on any atom is -0.314 e. The molecule has 1 aromatic carbocycles. The molecule has 9 heteroatoms. The van der Waals surface area contributed by atoms with E-state index in [2.05, 4.69) is 52.6 Å². The summed E-state index contributed by atoms with van der Waals surface area (Å²) in [5.74, 6) is 1.70. The van der Waals surface area contributed by atoms with E-state index in [1.807, 2.05) is 7.05 Å². The highest BCUT2D eigenvalue weighted by molar-refractivity contribution is 7.16. The number of halogens is 1. The van der Waals surface area contributed by atoms with E-state index in [0.29, 0.717) is 15.7 Å². The van der Waals surface area contributed by atoms with Gasteiger partial charge in [-0.15, -0.1) is 0 Å². The lowest BCUT2D eigenvalue weighted by molar-refractivity contribution is 0.109. The average Bonchev–Trinajstić information content (AvgIpc) is 3.46. The average molecular weight is 492 g/mol. The quantitative estimate of drug-likeness (QED) is 0.569. The zero-order chi connectivity index (χ0) is 24.7. The normalized spacial score (nSPS) is 20.3. The molecule has 0 aliphatic carbocycles. The number of allylic oxidation sites excluding steroid dienone is 1. The Bertz CT molecular complexity index is 1310. The summed E-state index contributed by atoms with van der Waals surface area (Å²) in [6.07, 6.45) is 3.16. The Morgan fingerprint density at radius 3 is 2.60 bits per heavy atom. The highest BCUT2D eigenvalue weighted by Crippen LogP contribution is 2.40. The molecule has 3 aromatic rings. The van der Waals surface area contributed by atoms with Gasteiger partial charge in [-0.1, -0.05) is 24.3 Å². The lowest BCUT2D eigenvalue weighted by Crippen LogP contribution is -2.56. The van der Waals surface area contributed by atoms with Crippen molar-refractivity contribution in [2.45, 2.75) is 39.3 Å². The summed E-state index contributed by atoms with van der Waals surface area (Å²) in [5, 5.41) is 14.0. The molecule has 1 fully saturated rings. The Morgan fingerprint density at radius 1 is 1.23 bits per heavy atom. The van der Waals surface area contributed by atoms with E-state index < -0.39 is 0 Å². The number of anilines is 2. The van der Waals surface area contributed by atoms with Crippen molar-refractivity contribution in [2.24, 2.45) is 0 Å². The summed E-state index contributed by atoms with van der Waals surface area (Å²) < 4.78 is 15.8. The first-order valence-electron chi connectivity index (χ1n) is 12.0. The highest BCUT2D eigenvalue weighted by Gasteiger charge is 2.38. The van der Waals surface area contributed by atoms with E-state index in [1.54, 1.807) is 12.1 Å². The number of fused-ring (bicyclic) bond motifs is 1. The second kappa shape index (κ2) is 9.19. The lowest BCUT2D eigenvalue weighted by atomic mass is 9.92. The van der Waals surface area contributed by atoms with Crippen molar-refractivity contribution >= 4 is 27.9 Å². The fraction of sp³-hybridized carbons (Fsp3) is 0.423. The number of nitrogens with zero attached hydrogens (tertiary/aromatic N) is 6. The van der Waals surface area contributed by atoms with E-state index in [4.69, 9.17) is 9.97 Å². The number of benzene rings is 1. The summed E-state index contributed by atoms with van der Waals surface area (Å²) in [7, 11) is 1.99. The Morgan fingerprint density at radius 2 is 1.94 bits per heavy atom. The van der Waals surface area contributed by atoms with Crippen molar-refractivity contribution in [3.8, 4) is 17.3 Å². The molecule has 1 unspecified atom stereocenters. The molecule has 2 aliphatic heterocycles. The molecule has 7 nitrogen and oxygen atoms in total. The van der Waals surface area contributed by atoms with E-state index in [9.17, 15) is 9.65 Å². The van der Waals surface area contributed by atoms with Gasteiger partial charge in [-0.2, -0.15) is 5.26 Å². The third kappa shape index (κ3) is 4.16. The van der Waals surface area contributed by atoms with Crippen molar-refractivity contribution < 1.29 is 4.39 Å². The number of thiazole rings is 1. The van der Waals surface area contributed by atoms with Gasteiger partial charge in [0.05, 0.1) is 11.2 Å². The molecule has 2 aliphatic rings. The zero-order valence-corrected chi connectivity index (χ0v) is 21.4. The maximum absolute atomic E-state index is 13.5. The number of piperazine rings is 1. The van der Waals surface area contributed by atoms with E-state index >= 15 is 0 Å². The van der Waals surface area contributed by atoms with Crippen LogP contribution in [0, 0.1) is 17.1 Å². The van der Waals surface area contributed by atoms with Gasteiger partial charge in [0.2, 0.25) is 0 Å². The fourth-order valence-corrected chi connectivity index (χ4v) is 6.09. The van der Waals surface area contributed by atoms with Gasteiger partial charge in [0, 0.05) is 45.3 Å². The van der Waals surface area contributed by atoms with Crippen LogP contribution in [0.4, 0.5) is 15.3 Å². The van der Waals surface area contributed by atoms with Gasteiger partial charge in [-0.25, -0.2) is 14.4 Å². The monoisotopic (exact) mass is 491 g/mol. The predicted octanol–water partition coefficient (Wildman–Crippen LogP) is 4.43. The standard InChI is InChI=1S/C26H30FN7S/c1-5-20-24(32(4)25-31-22(21(15-28)35-25)18-6-8-19(27)9-7-18)34-16-26(3,14-17(2)23(34)30-20)33-12-10-29-11-13-33/h6-9,14,29H,5,10-13,16H2,1-4H3. The molecule has 35 heavy (non-hydrogen) atoms. The maximum atomic E-state index is 13.5. The van der Waals surface area contributed by atoms with Crippen LogP contribution in [0.5, 0.6) is 0 Å². The van der Waals surface area contributed by atoms with Crippen LogP contribution in [0.3, 0.4) is 0 Å². The Balaban J connectivity index is 1.56. The molecule has 2 aromatic heterocycles. The third-order valence-corrected chi connectivity index (χ3v) is 8.02. The summed E-state index contributed by atoms with van der Waals surface area (Å²) in [4.78, 5) is 15.0. The zero-order valence-electron chi connectivity index (χ0n) is 20.6. The highest BCUT2D eigenvalue weighted by atomic mass is 32.1. The van der Waals surface area contributed by atoms with Crippen molar-refractivity contribution in [1.29, 1.82) is 5.26 Å². The Hall–Kier alpha value is -3.06. The molecule has 0 amide bonds. The van der Waals surface area contributed by atoms with Gasteiger partial charge in [-0.05, 0) is 50.1 Å². The number of aromatic nitrogens is 3. The number of rotatable bonds is 5. The van der Waals surface area contributed by atoms with Crippen LogP contribution in [0.2, 0.25) is 0 Å². The van der Waals surface area contributed by atoms with Gasteiger partial charge in [0.25, 0.3) is 0 Å². The fourth-order valence-electron chi connectivity index (χ4n) is 5.24. The molecular weight excluding hydrogens is 461 g/mol. The lowest BCUT2D eigenvalue weighted by Gasteiger charge is -2.44. The van der Waals surface area contributed by atoms with Crippen molar-refractivity contribution in [1.82, 2.24) is 24.8 Å². The topological polar surface area (TPSA) is 73.0 Å². The number of imidazole rings is 1. The van der Waals surface area contributed by atoms with Crippen molar-refractivity contribution in [2.75, 3.05) is 38.1 Å². The van der Waals surface area contributed by atoms with Gasteiger partial charge in [-0.3, -0.25) is 4.90 Å². The van der Waals surface area contributed by atoms with Crippen LogP contribution >= 0.6 is 11.3 Å². The number of aryl methyl sites for hydroxylation is 1. The molecule has 0 bridgehead atoms. The van der Waals surface area contributed by atoms with E-state index in [1.165, 1.54) is 29.0 Å². The van der Waals surface area contributed by atoms with Crippen LogP contribution in [-0.2, 0) is 13.0 Å². The van der Waals surface area contributed by atoms with Gasteiger partial charge in [0.15, 0.2) is 5.13 Å². The second-order valence-corrected chi connectivity index (χ2v) is 10.4. The summed E-state index contributed by atoms with van der Waals surface area (Å²) in [6, 6.07) is 8.40. The largest absolute Gasteiger partial charge is 0.314 e. The summed E-state index contributed by atoms with van der Waals surface area (Å²) in [5.41, 5.74) is 3.39. The first-order valence-corrected chi connectivity index (χ1v) is 12.8.